The highest BCUT2D eigenvalue weighted by Crippen LogP contribution is 2.20. The molecule has 0 bridgehead atoms. The number of hydrogen-bond acceptors (Lipinski definition) is 4. The normalized spacial score (nSPS) is 17.4. The average molecular weight is 322 g/mol. The highest BCUT2D eigenvalue weighted by molar-refractivity contribution is 5.97. The van der Waals surface area contributed by atoms with Crippen LogP contribution in [0.2, 0.25) is 0 Å². The Morgan fingerprint density at radius 2 is 2.21 bits per heavy atom. The molecule has 1 N–H and O–H groups in total. The molecule has 6 heteroatoms. The number of ether oxygens (including phenoxy) is 1. The summed E-state index contributed by atoms with van der Waals surface area (Å²) in [4.78, 5) is 26.0. The van der Waals surface area contributed by atoms with E-state index in [9.17, 15) is 4.79 Å². The van der Waals surface area contributed by atoms with E-state index >= 15 is 0 Å². The van der Waals surface area contributed by atoms with Crippen LogP contribution in [-0.2, 0) is 0 Å². The fraction of sp³-hybridized carbons (Fsp3) is 0.278. The second kappa shape index (κ2) is 5.96. The smallest absolute Gasteiger partial charge is 0.254 e. The Hall–Kier alpha value is -2.89. The molecule has 0 spiro atoms. The van der Waals surface area contributed by atoms with E-state index < -0.39 is 0 Å². The molecule has 1 aliphatic heterocycles. The summed E-state index contributed by atoms with van der Waals surface area (Å²) in [6, 6.07) is 9.37. The van der Waals surface area contributed by atoms with Crippen molar-refractivity contribution in [2.24, 2.45) is 0 Å². The van der Waals surface area contributed by atoms with Crippen molar-refractivity contribution in [3.05, 3.63) is 54.0 Å². The van der Waals surface area contributed by atoms with Gasteiger partial charge in [0, 0.05) is 30.8 Å². The van der Waals surface area contributed by atoms with Crippen LogP contribution in [-0.4, -0.2) is 45.0 Å². The Kier molecular flexibility index (Phi) is 3.65. The summed E-state index contributed by atoms with van der Waals surface area (Å²) in [5, 5.41) is 0. The van der Waals surface area contributed by atoms with Crippen molar-refractivity contribution < 1.29 is 9.53 Å². The lowest BCUT2D eigenvalue weighted by Gasteiger charge is -2.17. The zero-order chi connectivity index (χ0) is 16.5. The van der Waals surface area contributed by atoms with E-state index in [1.165, 1.54) is 0 Å². The average Bonchev–Trinajstić information content (AvgIpc) is 3.24. The standard InChI is InChI=1S/C18H18N4O2/c1-12-2-5-17(19-9-12)24-14-6-7-22(10-14)18(23)13-3-4-15-16(8-13)21-11-20-15/h2-5,8-9,11,14H,6-7,10H2,1H3,(H,20,21). The van der Waals surface area contributed by atoms with Crippen molar-refractivity contribution in [2.45, 2.75) is 19.4 Å². The first-order valence-corrected chi connectivity index (χ1v) is 8.01. The Labute approximate surface area is 139 Å². The van der Waals surface area contributed by atoms with Gasteiger partial charge in [-0.15, -0.1) is 0 Å². The van der Waals surface area contributed by atoms with Gasteiger partial charge in [0.1, 0.15) is 6.10 Å². The Balaban J connectivity index is 1.43. The molecule has 1 saturated heterocycles. The number of aromatic amines is 1. The third-order valence-electron chi connectivity index (χ3n) is 4.27. The maximum atomic E-state index is 12.7. The summed E-state index contributed by atoms with van der Waals surface area (Å²) in [6.45, 7) is 3.26. The molecule has 122 valence electrons. The molecule has 1 amide bonds. The fourth-order valence-corrected chi connectivity index (χ4v) is 2.95. The lowest BCUT2D eigenvalue weighted by atomic mass is 10.2. The number of H-pyrrole nitrogens is 1. The van der Waals surface area contributed by atoms with Gasteiger partial charge in [-0.05, 0) is 30.7 Å². The van der Waals surface area contributed by atoms with Crippen LogP contribution in [0.1, 0.15) is 22.3 Å². The van der Waals surface area contributed by atoms with E-state index in [-0.39, 0.29) is 12.0 Å². The largest absolute Gasteiger partial charge is 0.472 e. The summed E-state index contributed by atoms with van der Waals surface area (Å²) in [5.41, 5.74) is 3.50. The van der Waals surface area contributed by atoms with Gasteiger partial charge in [0.15, 0.2) is 0 Å². The van der Waals surface area contributed by atoms with Crippen molar-refractivity contribution in [3.63, 3.8) is 0 Å². The van der Waals surface area contributed by atoms with Crippen LogP contribution in [0, 0.1) is 6.92 Å². The van der Waals surface area contributed by atoms with Gasteiger partial charge in [-0.1, -0.05) is 6.07 Å². The number of aromatic nitrogens is 3. The monoisotopic (exact) mass is 322 g/mol. The van der Waals surface area contributed by atoms with E-state index in [1.807, 2.05) is 42.2 Å². The van der Waals surface area contributed by atoms with Crippen LogP contribution in [0.15, 0.2) is 42.9 Å². The Morgan fingerprint density at radius 1 is 1.29 bits per heavy atom. The van der Waals surface area contributed by atoms with Crippen LogP contribution in [0.4, 0.5) is 0 Å². The van der Waals surface area contributed by atoms with E-state index in [0.717, 1.165) is 23.0 Å². The predicted molar refractivity (Wildman–Crippen MR) is 90.0 cm³/mol. The molecule has 24 heavy (non-hydrogen) atoms. The van der Waals surface area contributed by atoms with Crippen LogP contribution in [0.25, 0.3) is 11.0 Å². The number of imidazole rings is 1. The van der Waals surface area contributed by atoms with Gasteiger partial charge in [0.25, 0.3) is 5.91 Å². The molecular formula is C18H18N4O2. The third-order valence-corrected chi connectivity index (χ3v) is 4.27. The number of carbonyl (C=O) groups is 1. The molecule has 1 fully saturated rings. The topological polar surface area (TPSA) is 71.1 Å². The summed E-state index contributed by atoms with van der Waals surface area (Å²) in [5.74, 6) is 0.633. The predicted octanol–water partition coefficient (Wildman–Crippen LogP) is 2.56. The highest BCUT2D eigenvalue weighted by Gasteiger charge is 2.28. The number of likely N-dealkylation sites (tertiary alicyclic amines) is 1. The second-order valence-corrected chi connectivity index (χ2v) is 6.09. The molecule has 3 aromatic rings. The lowest BCUT2D eigenvalue weighted by molar-refractivity contribution is 0.0771. The summed E-state index contributed by atoms with van der Waals surface area (Å²) in [7, 11) is 0. The molecule has 0 aliphatic carbocycles. The van der Waals surface area contributed by atoms with Gasteiger partial charge in [-0.3, -0.25) is 4.79 Å². The number of aryl methyl sites for hydroxylation is 1. The number of fused-ring (bicyclic) bond motifs is 1. The maximum absolute atomic E-state index is 12.7. The zero-order valence-corrected chi connectivity index (χ0v) is 13.4. The SMILES string of the molecule is Cc1ccc(OC2CCN(C(=O)c3ccc4nc[nH]c4c3)C2)nc1. The minimum absolute atomic E-state index is 0.0139. The molecule has 1 aromatic carbocycles. The molecule has 1 aliphatic rings. The van der Waals surface area contributed by atoms with Crippen molar-refractivity contribution >= 4 is 16.9 Å². The molecule has 3 heterocycles. The van der Waals surface area contributed by atoms with Gasteiger partial charge < -0.3 is 14.6 Å². The maximum Gasteiger partial charge on any atom is 0.254 e. The number of hydrogen-bond donors (Lipinski definition) is 1. The highest BCUT2D eigenvalue weighted by atomic mass is 16.5. The van der Waals surface area contributed by atoms with E-state index in [4.69, 9.17) is 4.74 Å². The van der Waals surface area contributed by atoms with Crippen molar-refractivity contribution in [3.8, 4) is 5.88 Å². The number of benzene rings is 1. The molecule has 6 nitrogen and oxygen atoms in total. The molecule has 1 atom stereocenters. The number of carbonyl (C=O) groups excluding carboxylic acids is 1. The summed E-state index contributed by atoms with van der Waals surface area (Å²) < 4.78 is 5.88. The molecular weight excluding hydrogens is 304 g/mol. The molecule has 2 aromatic heterocycles. The summed E-state index contributed by atoms with van der Waals surface area (Å²) >= 11 is 0. The third kappa shape index (κ3) is 2.82. The number of rotatable bonds is 3. The van der Waals surface area contributed by atoms with Crippen molar-refractivity contribution in [1.82, 2.24) is 19.9 Å². The van der Waals surface area contributed by atoms with Gasteiger partial charge in [-0.25, -0.2) is 9.97 Å². The number of nitrogens with zero attached hydrogens (tertiary/aromatic N) is 3. The fourth-order valence-electron chi connectivity index (χ4n) is 2.95. The number of pyridine rings is 1. The second-order valence-electron chi connectivity index (χ2n) is 6.09. The molecule has 1 unspecified atom stereocenters. The van der Waals surface area contributed by atoms with E-state index in [0.29, 0.717) is 24.5 Å². The minimum atomic E-state index is -0.0139. The van der Waals surface area contributed by atoms with Gasteiger partial charge in [0.2, 0.25) is 5.88 Å². The lowest BCUT2D eigenvalue weighted by Crippen LogP contribution is -2.31. The zero-order valence-electron chi connectivity index (χ0n) is 13.4. The quantitative estimate of drug-likeness (QED) is 0.804. The molecule has 4 rings (SSSR count). The van der Waals surface area contributed by atoms with Gasteiger partial charge >= 0.3 is 0 Å². The first-order chi connectivity index (χ1) is 11.7. The van der Waals surface area contributed by atoms with Crippen LogP contribution < -0.4 is 4.74 Å². The number of amides is 1. The van der Waals surface area contributed by atoms with Crippen LogP contribution in [0.3, 0.4) is 0 Å². The van der Waals surface area contributed by atoms with Crippen LogP contribution >= 0.6 is 0 Å². The molecule has 0 radical (unpaired) electrons. The van der Waals surface area contributed by atoms with Crippen molar-refractivity contribution in [2.75, 3.05) is 13.1 Å². The summed E-state index contributed by atoms with van der Waals surface area (Å²) in [6.07, 6.45) is 4.22. The van der Waals surface area contributed by atoms with E-state index in [1.54, 1.807) is 12.5 Å². The van der Waals surface area contributed by atoms with Gasteiger partial charge in [0.05, 0.1) is 23.9 Å². The minimum Gasteiger partial charge on any atom is -0.472 e. The molecule has 0 saturated carbocycles. The van der Waals surface area contributed by atoms with Gasteiger partial charge in [-0.2, -0.15) is 0 Å². The Morgan fingerprint density at radius 3 is 3.04 bits per heavy atom. The first kappa shape index (κ1) is 14.7. The number of nitrogens with one attached hydrogen (secondary N) is 1. The van der Waals surface area contributed by atoms with E-state index in [2.05, 4.69) is 15.0 Å². The Bertz CT molecular complexity index is 872. The van der Waals surface area contributed by atoms with Crippen LogP contribution in [0.5, 0.6) is 5.88 Å². The first-order valence-electron chi connectivity index (χ1n) is 8.01. The van der Waals surface area contributed by atoms with Crippen molar-refractivity contribution in [1.29, 1.82) is 0 Å².